The molecule has 0 bridgehead atoms. The van der Waals surface area contributed by atoms with E-state index in [0.717, 1.165) is 37.6 Å². The number of halogens is 2. The molecule has 27 heavy (non-hydrogen) atoms. The van der Waals surface area contributed by atoms with Crippen LogP contribution in [0.25, 0.3) is 10.9 Å². The van der Waals surface area contributed by atoms with E-state index < -0.39 is 17.5 Å². The number of aromatic amines is 1. The first kappa shape index (κ1) is 17.5. The van der Waals surface area contributed by atoms with Crippen molar-refractivity contribution in [3.8, 4) is 0 Å². The lowest BCUT2D eigenvalue weighted by atomic mass is 10.1. The maximum Gasteiger partial charge on any atom is 0.258 e. The lowest BCUT2D eigenvalue weighted by Gasteiger charge is -2.29. The van der Waals surface area contributed by atoms with Crippen LogP contribution < -0.4 is 15.5 Å². The fraction of sp³-hybridized carbons (Fsp3) is 0.250. The predicted octanol–water partition coefficient (Wildman–Crippen LogP) is 3.42. The molecular weight excluding hydrogens is 350 g/mol. The van der Waals surface area contributed by atoms with Gasteiger partial charge < -0.3 is 20.5 Å². The Labute approximate surface area is 155 Å². The molecule has 1 saturated heterocycles. The summed E-state index contributed by atoms with van der Waals surface area (Å²) in [6.07, 6.45) is 0. The van der Waals surface area contributed by atoms with Crippen molar-refractivity contribution in [1.29, 1.82) is 0 Å². The van der Waals surface area contributed by atoms with Gasteiger partial charge in [0.1, 0.15) is 11.6 Å². The van der Waals surface area contributed by atoms with Crippen LogP contribution in [0, 0.1) is 18.6 Å². The summed E-state index contributed by atoms with van der Waals surface area (Å²) in [6, 6.07) is 9.15. The highest BCUT2D eigenvalue weighted by molar-refractivity contribution is 6.05. The van der Waals surface area contributed by atoms with Gasteiger partial charge in [-0.1, -0.05) is 0 Å². The average molecular weight is 370 g/mol. The second-order valence-electron chi connectivity index (χ2n) is 6.73. The van der Waals surface area contributed by atoms with Crippen LogP contribution in [0.15, 0.2) is 36.4 Å². The van der Waals surface area contributed by atoms with Gasteiger partial charge in [0.15, 0.2) is 0 Å². The van der Waals surface area contributed by atoms with Crippen LogP contribution in [-0.4, -0.2) is 37.1 Å². The minimum Gasteiger partial charge on any atom is -0.369 e. The number of anilines is 2. The summed E-state index contributed by atoms with van der Waals surface area (Å²) in [5, 5.41) is 6.28. The van der Waals surface area contributed by atoms with E-state index in [2.05, 4.69) is 20.5 Å². The molecule has 1 aliphatic rings. The quantitative estimate of drug-likeness (QED) is 0.662. The van der Waals surface area contributed by atoms with Gasteiger partial charge in [0.25, 0.3) is 5.91 Å². The SMILES string of the molecule is Cc1cc2c(F)cc(NC(=O)c3ccc(N4CCNCC4)cc3F)cc2[nH]1. The first-order valence-electron chi connectivity index (χ1n) is 8.87. The molecule has 5 nitrogen and oxygen atoms in total. The number of nitrogens with zero attached hydrogens (tertiary/aromatic N) is 1. The summed E-state index contributed by atoms with van der Waals surface area (Å²) in [7, 11) is 0. The maximum absolute atomic E-state index is 14.5. The van der Waals surface area contributed by atoms with E-state index in [-0.39, 0.29) is 11.3 Å². The largest absolute Gasteiger partial charge is 0.369 e. The van der Waals surface area contributed by atoms with Gasteiger partial charge in [-0.2, -0.15) is 0 Å². The predicted molar refractivity (Wildman–Crippen MR) is 102 cm³/mol. The van der Waals surface area contributed by atoms with Gasteiger partial charge in [0.2, 0.25) is 0 Å². The van der Waals surface area contributed by atoms with Crippen LogP contribution in [-0.2, 0) is 0 Å². The highest BCUT2D eigenvalue weighted by atomic mass is 19.1. The van der Waals surface area contributed by atoms with Crippen molar-refractivity contribution in [2.75, 3.05) is 36.4 Å². The Hall–Kier alpha value is -2.93. The standard InChI is InChI=1S/C20H20F2N4O/c1-12-8-16-17(21)9-13(10-19(16)24-12)25-20(27)15-3-2-14(11-18(15)22)26-6-4-23-5-7-26/h2-3,8-11,23-24H,4-7H2,1H3,(H,25,27). The molecule has 3 aromatic rings. The molecule has 7 heteroatoms. The number of amides is 1. The third-order valence-electron chi connectivity index (χ3n) is 4.76. The van der Waals surface area contributed by atoms with Crippen molar-refractivity contribution in [2.24, 2.45) is 0 Å². The number of H-pyrrole nitrogens is 1. The average Bonchev–Trinajstić information content (AvgIpc) is 3.03. The van der Waals surface area contributed by atoms with Crippen molar-refractivity contribution in [1.82, 2.24) is 10.3 Å². The number of aryl methyl sites for hydroxylation is 1. The summed E-state index contributed by atoms with van der Waals surface area (Å²) in [5.74, 6) is -1.65. The topological polar surface area (TPSA) is 60.2 Å². The Morgan fingerprint density at radius 3 is 2.59 bits per heavy atom. The van der Waals surface area contributed by atoms with Crippen molar-refractivity contribution in [3.63, 3.8) is 0 Å². The molecule has 2 heterocycles. The number of piperazine rings is 1. The summed E-state index contributed by atoms with van der Waals surface area (Å²) < 4.78 is 28.7. The number of aromatic nitrogens is 1. The van der Waals surface area contributed by atoms with Crippen LogP contribution in [0.4, 0.5) is 20.2 Å². The zero-order valence-electron chi connectivity index (χ0n) is 14.9. The zero-order chi connectivity index (χ0) is 19.0. The molecule has 0 unspecified atom stereocenters. The molecule has 1 amide bonds. The first-order valence-corrected chi connectivity index (χ1v) is 8.87. The van der Waals surface area contributed by atoms with Gasteiger partial charge in [0.05, 0.1) is 11.1 Å². The fourth-order valence-electron chi connectivity index (χ4n) is 3.41. The van der Waals surface area contributed by atoms with E-state index in [1.165, 1.54) is 18.2 Å². The van der Waals surface area contributed by atoms with Gasteiger partial charge in [-0.3, -0.25) is 4.79 Å². The van der Waals surface area contributed by atoms with Gasteiger partial charge >= 0.3 is 0 Å². The second-order valence-corrected chi connectivity index (χ2v) is 6.73. The third kappa shape index (κ3) is 3.50. The molecule has 3 N–H and O–H groups in total. The van der Waals surface area contributed by atoms with Gasteiger partial charge in [-0.25, -0.2) is 8.78 Å². The molecule has 140 valence electrons. The van der Waals surface area contributed by atoms with Crippen LogP contribution in [0.3, 0.4) is 0 Å². The highest BCUT2D eigenvalue weighted by Crippen LogP contribution is 2.25. The maximum atomic E-state index is 14.5. The number of hydrogen-bond donors (Lipinski definition) is 3. The zero-order valence-corrected chi connectivity index (χ0v) is 14.9. The molecule has 4 rings (SSSR count). The summed E-state index contributed by atoms with van der Waals surface area (Å²) >= 11 is 0. The van der Waals surface area contributed by atoms with E-state index in [9.17, 15) is 13.6 Å². The van der Waals surface area contributed by atoms with E-state index in [0.29, 0.717) is 10.9 Å². The van der Waals surface area contributed by atoms with Crippen molar-refractivity contribution in [2.45, 2.75) is 6.92 Å². The molecule has 0 aliphatic carbocycles. The summed E-state index contributed by atoms with van der Waals surface area (Å²) in [4.78, 5) is 17.6. The molecule has 0 saturated carbocycles. The Balaban J connectivity index is 1.56. The minimum absolute atomic E-state index is 0.0722. The molecule has 0 spiro atoms. The number of carbonyl (C=O) groups is 1. The number of fused-ring (bicyclic) bond motifs is 1. The van der Waals surface area contributed by atoms with Gasteiger partial charge in [-0.05, 0) is 43.3 Å². The van der Waals surface area contributed by atoms with Gasteiger partial charge in [-0.15, -0.1) is 0 Å². The number of carbonyl (C=O) groups excluding carboxylic acids is 1. The lowest BCUT2D eigenvalue weighted by molar-refractivity contribution is 0.102. The summed E-state index contributed by atoms with van der Waals surface area (Å²) in [6.45, 7) is 5.10. The van der Waals surface area contributed by atoms with Crippen LogP contribution in [0.1, 0.15) is 16.1 Å². The van der Waals surface area contributed by atoms with E-state index in [1.807, 2.05) is 6.92 Å². The van der Waals surface area contributed by atoms with E-state index in [1.54, 1.807) is 18.2 Å². The Bertz CT molecular complexity index is 1010. The fourth-order valence-corrected chi connectivity index (χ4v) is 3.41. The van der Waals surface area contributed by atoms with E-state index in [4.69, 9.17) is 0 Å². The van der Waals surface area contributed by atoms with Gasteiger partial charge in [0, 0.05) is 48.6 Å². The lowest BCUT2D eigenvalue weighted by Crippen LogP contribution is -2.43. The monoisotopic (exact) mass is 370 g/mol. The minimum atomic E-state index is -0.610. The smallest absolute Gasteiger partial charge is 0.258 e. The molecule has 0 atom stereocenters. The second kappa shape index (κ2) is 7.00. The van der Waals surface area contributed by atoms with Crippen molar-refractivity contribution in [3.05, 3.63) is 59.3 Å². The normalized spacial score (nSPS) is 14.6. The number of hydrogen-bond acceptors (Lipinski definition) is 3. The number of rotatable bonds is 3. The Morgan fingerprint density at radius 1 is 1.07 bits per heavy atom. The van der Waals surface area contributed by atoms with E-state index >= 15 is 0 Å². The van der Waals surface area contributed by atoms with Crippen LogP contribution in [0.5, 0.6) is 0 Å². The Morgan fingerprint density at radius 2 is 1.85 bits per heavy atom. The Kier molecular flexibility index (Phi) is 4.53. The first-order chi connectivity index (χ1) is 13.0. The van der Waals surface area contributed by atoms with Crippen LogP contribution in [0.2, 0.25) is 0 Å². The number of benzene rings is 2. The highest BCUT2D eigenvalue weighted by Gasteiger charge is 2.17. The number of nitrogens with one attached hydrogen (secondary N) is 3. The van der Waals surface area contributed by atoms with Crippen molar-refractivity contribution < 1.29 is 13.6 Å². The van der Waals surface area contributed by atoms with Crippen LogP contribution >= 0.6 is 0 Å². The van der Waals surface area contributed by atoms with Crippen molar-refractivity contribution >= 4 is 28.2 Å². The summed E-state index contributed by atoms with van der Waals surface area (Å²) in [5.41, 5.74) is 2.36. The molecule has 0 radical (unpaired) electrons. The molecule has 1 fully saturated rings. The molecule has 1 aromatic heterocycles. The molecular formula is C20H20F2N4O. The third-order valence-corrected chi connectivity index (χ3v) is 4.76. The molecule has 1 aliphatic heterocycles. The molecule has 2 aromatic carbocycles.